The lowest BCUT2D eigenvalue weighted by atomic mass is 9.77. The van der Waals surface area contributed by atoms with E-state index in [0.717, 1.165) is 0 Å². The molecular formula is C19H23NO4. The molecule has 1 atom stereocenters. The minimum absolute atomic E-state index is 0.0840. The second-order valence-corrected chi connectivity index (χ2v) is 6.85. The Morgan fingerprint density at radius 2 is 1.92 bits per heavy atom. The summed E-state index contributed by atoms with van der Waals surface area (Å²) in [6, 6.07) is 6.73. The number of carbonyl (C=O) groups excluding carboxylic acids is 2. The molecule has 24 heavy (non-hydrogen) atoms. The summed E-state index contributed by atoms with van der Waals surface area (Å²) in [4.78, 5) is 28.4. The van der Waals surface area contributed by atoms with Gasteiger partial charge < -0.3 is 9.84 Å². The molecule has 1 aliphatic rings. The van der Waals surface area contributed by atoms with Gasteiger partial charge in [0.1, 0.15) is 11.9 Å². The number of methoxy groups -OCH3 is 1. The van der Waals surface area contributed by atoms with Crippen LogP contribution in [-0.2, 0) is 9.53 Å². The first kappa shape index (κ1) is 18.1. The third kappa shape index (κ3) is 4.17. The van der Waals surface area contributed by atoms with Crippen LogP contribution in [0.25, 0.3) is 0 Å². The lowest BCUT2D eigenvalue weighted by Gasteiger charge is -2.28. The van der Waals surface area contributed by atoms with Crippen molar-refractivity contribution in [1.82, 2.24) is 0 Å². The average molecular weight is 329 g/mol. The van der Waals surface area contributed by atoms with E-state index >= 15 is 0 Å². The van der Waals surface area contributed by atoms with Gasteiger partial charge in [-0.2, -0.15) is 0 Å². The van der Waals surface area contributed by atoms with E-state index in [1.165, 1.54) is 13.3 Å². The normalized spacial score (nSPS) is 18.9. The Bertz CT molecular complexity index is 699. The van der Waals surface area contributed by atoms with E-state index in [1.54, 1.807) is 31.2 Å². The molecule has 1 aromatic carbocycles. The minimum atomic E-state index is -0.496. The van der Waals surface area contributed by atoms with Gasteiger partial charge in [0.15, 0.2) is 11.6 Å². The van der Waals surface area contributed by atoms with Crippen molar-refractivity contribution in [1.29, 1.82) is 0 Å². The Balaban J connectivity index is 2.15. The number of rotatable bonds is 5. The third-order valence-electron chi connectivity index (χ3n) is 4.11. The Morgan fingerprint density at radius 3 is 2.46 bits per heavy atom. The van der Waals surface area contributed by atoms with Crippen molar-refractivity contribution in [3.8, 4) is 0 Å². The molecule has 1 aromatic rings. The molecule has 0 saturated heterocycles. The molecule has 0 heterocycles. The highest BCUT2D eigenvalue weighted by atomic mass is 16.5. The first-order valence-corrected chi connectivity index (χ1v) is 7.90. The smallest absolute Gasteiger partial charge is 0.191 e. The van der Waals surface area contributed by atoms with Crippen LogP contribution in [0.15, 0.2) is 40.6 Å². The molecule has 0 amide bonds. The SMILES string of the molecule is COC(C)C(=O)c1ccc(N=CC2=C(O)CC(C)(C)CC2=O)cc1. The fourth-order valence-corrected chi connectivity index (χ4v) is 2.64. The molecule has 2 rings (SSSR count). The Morgan fingerprint density at radius 1 is 1.29 bits per heavy atom. The highest BCUT2D eigenvalue weighted by Gasteiger charge is 2.32. The second-order valence-electron chi connectivity index (χ2n) is 6.85. The highest BCUT2D eigenvalue weighted by Crippen LogP contribution is 2.35. The third-order valence-corrected chi connectivity index (χ3v) is 4.11. The molecule has 0 saturated carbocycles. The first-order valence-electron chi connectivity index (χ1n) is 7.90. The number of aliphatic hydroxyl groups is 1. The molecule has 128 valence electrons. The maximum atomic E-state index is 12.1. The van der Waals surface area contributed by atoms with E-state index in [9.17, 15) is 14.7 Å². The molecule has 1 N–H and O–H groups in total. The Kier molecular flexibility index (Phi) is 5.34. The summed E-state index contributed by atoms with van der Waals surface area (Å²) in [5.74, 6) is -0.119. The van der Waals surface area contributed by atoms with Crippen LogP contribution in [0.1, 0.15) is 44.0 Å². The van der Waals surface area contributed by atoms with Crippen LogP contribution in [-0.4, -0.2) is 36.1 Å². The van der Waals surface area contributed by atoms with Crippen LogP contribution >= 0.6 is 0 Å². The summed E-state index contributed by atoms with van der Waals surface area (Å²) in [6.07, 6.45) is 1.76. The highest BCUT2D eigenvalue weighted by molar-refractivity contribution is 6.14. The van der Waals surface area contributed by atoms with E-state index in [0.29, 0.717) is 24.1 Å². The number of aliphatic imine (C=N–C) groups is 1. The molecule has 5 heteroatoms. The van der Waals surface area contributed by atoms with Gasteiger partial charge in [0.05, 0.1) is 11.3 Å². The van der Waals surface area contributed by atoms with Crippen molar-refractivity contribution < 1.29 is 19.4 Å². The van der Waals surface area contributed by atoms with Crippen molar-refractivity contribution in [2.45, 2.75) is 39.7 Å². The predicted molar refractivity (Wildman–Crippen MR) is 93.1 cm³/mol. The zero-order chi connectivity index (χ0) is 17.9. The lowest BCUT2D eigenvalue weighted by Crippen LogP contribution is -2.26. The zero-order valence-corrected chi connectivity index (χ0v) is 14.5. The van der Waals surface area contributed by atoms with Gasteiger partial charge in [-0.15, -0.1) is 0 Å². The number of allylic oxidation sites excluding steroid dienone is 2. The second kappa shape index (κ2) is 7.09. The predicted octanol–water partition coefficient (Wildman–Crippen LogP) is 3.81. The number of benzene rings is 1. The molecule has 0 spiro atoms. The number of Topliss-reactive ketones (excluding diaryl/α,β-unsaturated/α-hetero) is 2. The molecule has 1 aliphatic carbocycles. The van der Waals surface area contributed by atoms with Gasteiger partial charge in [-0.05, 0) is 36.6 Å². The van der Waals surface area contributed by atoms with Crippen molar-refractivity contribution in [3.05, 3.63) is 41.2 Å². The van der Waals surface area contributed by atoms with Gasteiger partial charge in [0, 0.05) is 31.7 Å². The zero-order valence-electron chi connectivity index (χ0n) is 14.5. The molecule has 0 aliphatic heterocycles. The number of hydrogen-bond acceptors (Lipinski definition) is 5. The minimum Gasteiger partial charge on any atom is -0.511 e. The van der Waals surface area contributed by atoms with Crippen LogP contribution in [0.2, 0.25) is 0 Å². The van der Waals surface area contributed by atoms with Gasteiger partial charge in [-0.1, -0.05) is 13.8 Å². The number of ether oxygens (including phenoxy) is 1. The average Bonchev–Trinajstić information content (AvgIpc) is 2.52. The van der Waals surface area contributed by atoms with E-state index in [-0.39, 0.29) is 28.3 Å². The maximum Gasteiger partial charge on any atom is 0.191 e. The summed E-state index contributed by atoms with van der Waals surface area (Å²) in [7, 11) is 1.49. The van der Waals surface area contributed by atoms with Gasteiger partial charge in [0.2, 0.25) is 0 Å². The number of nitrogens with zero attached hydrogens (tertiary/aromatic N) is 1. The van der Waals surface area contributed by atoms with Gasteiger partial charge in [-0.3, -0.25) is 14.6 Å². The summed E-state index contributed by atoms with van der Waals surface area (Å²) >= 11 is 0. The van der Waals surface area contributed by atoms with Crippen molar-refractivity contribution >= 4 is 23.5 Å². The van der Waals surface area contributed by atoms with Crippen molar-refractivity contribution in [2.75, 3.05) is 7.11 Å². The lowest BCUT2D eigenvalue weighted by molar-refractivity contribution is -0.117. The van der Waals surface area contributed by atoms with Crippen molar-refractivity contribution in [2.24, 2.45) is 10.4 Å². The topological polar surface area (TPSA) is 76.0 Å². The largest absolute Gasteiger partial charge is 0.511 e. The molecule has 0 fully saturated rings. The van der Waals surface area contributed by atoms with E-state index in [4.69, 9.17) is 4.74 Å². The summed E-state index contributed by atoms with van der Waals surface area (Å²) in [6.45, 7) is 5.59. The quantitative estimate of drug-likeness (QED) is 0.658. The molecule has 0 bridgehead atoms. The molecule has 0 aromatic heterocycles. The fourth-order valence-electron chi connectivity index (χ4n) is 2.64. The summed E-state index contributed by atoms with van der Waals surface area (Å²) in [5.41, 5.74) is 1.19. The van der Waals surface area contributed by atoms with E-state index in [1.807, 2.05) is 13.8 Å². The van der Waals surface area contributed by atoms with Gasteiger partial charge in [0.25, 0.3) is 0 Å². The van der Waals surface area contributed by atoms with Crippen LogP contribution in [0, 0.1) is 5.41 Å². The number of ketones is 2. The molecular weight excluding hydrogens is 306 g/mol. The van der Waals surface area contributed by atoms with Gasteiger partial charge >= 0.3 is 0 Å². The van der Waals surface area contributed by atoms with Crippen LogP contribution in [0.3, 0.4) is 0 Å². The first-order chi connectivity index (χ1) is 11.2. The monoisotopic (exact) mass is 329 g/mol. The van der Waals surface area contributed by atoms with Crippen molar-refractivity contribution in [3.63, 3.8) is 0 Å². The van der Waals surface area contributed by atoms with Crippen LogP contribution in [0.5, 0.6) is 0 Å². The fraction of sp³-hybridized carbons (Fsp3) is 0.421. The summed E-state index contributed by atoms with van der Waals surface area (Å²) in [5, 5.41) is 10.1. The molecule has 0 radical (unpaired) electrons. The standard InChI is InChI=1S/C19H23NO4/c1-12(24-4)18(23)13-5-7-14(8-6-13)20-11-15-16(21)9-19(2,3)10-17(15)22/h5-8,11-12,21H,9-10H2,1-4H3. The van der Waals surface area contributed by atoms with Crippen LogP contribution < -0.4 is 0 Å². The van der Waals surface area contributed by atoms with E-state index in [2.05, 4.69) is 4.99 Å². The summed E-state index contributed by atoms with van der Waals surface area (Å²) < 4.78 is 5.01. The Hall–Kier alpha value is -2.27. The van der Waals surface area contributed by atoms with Crippen LogP contribution in [0.4, 0.5) is 5.69 Å². The molecule has 1 unspecified atom stereocenters. The maximum absolute atomic E-state index is 12.1. The number of carbonyl (C=O) groups is 2. The molecule has 5 nitrogen and oxygen atoms in total. The number of hydrogen-bond donors (Lipinski definition) is 1. The van der Waals surface area contributed by atoms with Gasteiger partial charge in [-0.25, -0.2) is 0 Å². The van der Waals surface area contributed by atoms with E-state index < -0.39 is 6.10 Å². The number of aliphatic hydroxyl groups excluding tert-OH is 1. The Labute approximate surface area is 142 Å².